The highest BCUT2D eigenvalue weighted by molar-refractivity contribution is 5.98. The summed E-state index contributed by atoms with van der Waals surface area (Å²) in [7, 11) is 6.48. The second-order valence-corrected chi connectivity index (χ2v) is 17.7. The number of hydrogen-bond acceptors (Lipinski definition) is 16. The molecule has 2 saturated heterocycles. The molecule has 3 fully saturated rings. The number of rotatable bonds is 15. The molecule has 1 saturated carbocycles. The first kappa shape index (κ1) is 49.3. The van der Waals surface area contributed by atoms with E-state index < -0.39 is 110 Å². The Hall–Kier alpha value is -2.68. The van der Waals surface area contributed by atoms with Crippen LogP contribution in [0.4, 0.5) is 0 Å². The number of likely N-dealkylation sites (N-methyl/N-ethyl adjacent to an activating group) is 1. The van der Waals surface area contributed by atoms with Gasteiger partial charge in [-0.1, -0.05) is 50.1 Å². The van der Waals surface area contributed by atoms with E-state index in [9.17, 15) is 30.0 Å². The van der Waals surface area contributed by atoms with Crippen LogP contribution < -0.4 is 0 Å². The summed E-state index contributed by atoms with van der Waals surface area (Å²) in [5, 5.41) is 54.4. The number of unbranched alkanes of at least 4 members (excludes halogenated alkanes) is 1. The molecule has 0 aromatic carbocycles. The normalized spacial score (nSPS) is 40.9. The van der Waals surface area contributed by atoms with Crippen LogP contribution in [-0.2, 0) is 55.7 Å². The average Bonchev–Trinajstić information content (AvgIpc) is 3.64. The van der Waals surface area contributed by atoms with Gasteiger partial charge in [-0.15, -0.1) is 5.10 Å². The van der Waals surface area contributed by atoms with Crippen molar-refractivity contribution in [3.8, 4) is 0 Å². The minimum absolute atomic E-state index is 0.0245. The molecule has 17 heteroatoms. The SMILES string of the molecule is CCCCc1cn(CC[C@H]2C[C@@H](C)C(=O)/C3=C/C(C)=C/[C@H](COC4OC(C)C(O)C(OC)C4OC)[C@@H](CC)OC(=O)C[C@@H](O)[C@H]3[C@H]2O[C@@H]2O[C@H](C)C(O)C(N(C)C)C2O)nn1. The fourth-order valence-electron chi connectivity index (χ4n) is 9.52. The molecular formula is C44H72N4O13. The zero-order valence-corrected chi connectivity index (χ0v) is 37.7. The summed E-state index contributed by atoms with van der Waals surface area (Å²) in [5.41, 5.74) is 1.84. The maximum absolute atomic E-state index is 14.7. The molecule has 0 bridgehead atoms. The molecule has 346 valence electrons. The van der Waals surface area contributed by atoms with E-state index in [1.165, 1.54) is 14.2 Å². The van der Waals surface area contributed by atoms with Crippen LogP contribution in [0.15, 0.2) is 29.5 Å². The summed E-state index contributed by atoms with van der Waals surface area (Å²) < 4.78 is 44.5. The lowest BCUT2D eigenvalue weighted by atomic mass is 9.79. The molecule has 1 aliphatic carbocycles. The minimum Gasteiger partial charge on any atom is -0.462 e. The quantitative estimate of drug-likeness (QED) is 0.186. The van der Waals surface area contributed by atoms with Gasteiger partial charge in [0.15, 0.2) is 18.4 Å². The molecule has 1 aromatic rings. The van der Waals surface area contributed by atoms with Crippen molar-refractivity contribution in [1.29, 1.82) is 0 Å². The van der Waals surface area contributed by atoms with E-state index >= 15 is 0 Å². The number of carbonyl (C=O) groups excluding carboxylic acids is 2. The maximum Gasteiger partial charge on any atom is 0.308 e. The Bertz CT molecular complexity index is 1640. The molecule has 4 N–H and O–H groups in total. The first-order chi connectivity index (χ1) is 29.0. The monoisotopic (exact) mass is 865 g/mol. The van der Waals surface area contributed by atoms with Gasteiger partial charge in [0.25, 0.3) is 0 Å². The van der Waals surface area contributed by atoms with Crippen LogP contribution in [0.1, 0.15) is 85.8 Å². The van der Waals surface area contributed by atoms with Crippen LogP contribution in [0.5, 0.6) is 0 Å². The van der Waals surface area contributed by atoms with Crippen LogP contribution in [0.25, 0.3) is 0 Å². The number of fused-ring (bicyclic) bond motifs is 1. The van der Waals surface area contributed by atoms with Gasteiger partial charge in [-0.05, 0) is 72.9 Å². The van der Waals surface area contributed by atoms with E-state index in [4.69, 9.17) is 33.2 Å². The molecule has 5 rings (SSSR count). The number of nitrogens with zero attached hydrogens (tertiary/aromatic N) is 4. The first-order valence-corrected chi connectivity index (χ1v) is 22.1. The van der Waals surface area contributed by atoms with E-state index in [0.29, 0.717) is 31.4 Å². The predicted molar refractivity (Wildman–Crippen MR) is 222 cm³/mol. The maximum atomic E-state index is 14.7. The Balaban J connectivity index is 1.54. The molecule has 61 heavy (non-hydrogen) atoms. The molecule has 3 aliphatic heterocycles. The van der Waals surface area contributed by atoms with Crippen LogP contribution >= 0.6 is 0 Å². The third-order valence-corrected chi connectivity index (χ3v) is 12.9. The van der Waals surface area contributed by atoms with Crippen molar-refractivity contribution in [2.75, 3.05) is 34.9 Å². The number of aromatic nitrogens is 3. The standard InChI is InChI=1S/C44H72N4O13/c1-11-13-14-29-21-48(46-45-29)16-15-27-19-24(4)36(51)30-18-23(3)17-28(22-57-44-42(56-10)41(55-9)38(53)26(6)59-44)32(12-2)60-33(50)20-31(49)34(30)40(27)61-43-39(54)35(47(7)8)37(52)25(5)58-43/h17-18,21,24-28,31-32,34-35,37-44,49,52-54H,11-16,19-20,22H2,1-10H3/b23-17+,30-18+/t24-,25-,26?,27+,28-,31-,32-,34+,35?,37?,38?,39?,40+,41?,42?,43+,44?/m1/s1. The van der Waals surface area contributed by atoms with Gasteiger partial charge in [0.1, 0.15) is 30.5 Å². The zero-order chi connectivity index (χ0) is 44.7. The molecule has 4 heterocycles. The Kier molecular flexibility index (Phi) is 18.0. The number of cyclic esters (lactones) is 1. The van der Waals surface area contributed by atoms with Gasteiger partial charge in [0, 0.05) is 50.3 Å². The van der Waals surface area contributed by atoms with E-state index in [1.54, 1.807) is 43.6 Å². The number of carbonyl (C=O) groups is 2. The van der Waals surface area contributed by atoms with Gasteiger partial charge in [-0.25, -0.2) is 0 Å². The molecule has 17 nitrogen and oxygen atoms in total. The number of ketones is 1. The lowest BCUT2D eigenvalue weighted by Gasteiger charge is -2.46. The van der Waals surface area contributed by atoms with Crippen molar-refractivity contribution in [3.05, 3.63) is 35.2 Å². The summed E-state index contributed by atoms with van der Waals surface area (Å²) in [6, 6.07) is -0.736. The summed E-state index contributed by atoms with van der Waals surface area (Å²) in [6.45, 7) is 11.6. The Morgan fingerprint density at radius 2 is 1.62 bits per heavy atom. The van der Waals surface area contributed by atoms with Crippen LogP contribution in [-0.4, -0.2) is 167 Å². The van der Waals surface area contributed by atoms with Gasteiger partial charge in [-0.2, -0.15) is 0 Å². The molecule has 8 unspecified atom stereocenters. The lowest BCUT2D eigenvalue weighted by Crippen LogP contribution is -2.63. The number of aliphatic hydroxyl groups excluding tert-OH is 4. The molecular weight excluding hydrogens is 792 g/mol. The van der Waals surface area contributed by atoms with Crippen LogP contribution in [0.3, 0.4) is 0 Å². The van der Waals surface area contributed by atoms with Crippen molar-refractivity contribution in [3.63, 3.8) is 0 Å². The number of methoxy groups -OCH3 is 2. The average molecular weight is 865 g/mol. The van der Waals surface area contributed by atoms with Crippen molar-refractivity contribution in [1.82, 2.24) is 19.9 Å². The van der Waals surface area contributed by atoms with Gasteiger partial charge in [0.2, 0.25) is 0 Å². The zero-order valence-electron chi connectivity index (χ0n) is 37.7. The fourth-order valence-corrected chi connectivity index (χ4v) is 9.52. The van der Waals surface area contributed by atoms with E-state index in [0.717, 1.165) is 25.0 Å². The number of Topliss-reactive ketones (excluding diaryl/α,β-unsaturated/α-hetero) is 1. The number of aryl methyl sites for hydroxylation is 2. The minimum atomic E-state index is -1.43. The van der Waals surface area contributed by atoms with E-state index in [-0.39, 0.29) is 23.9 Å². The predicted octanol–water partition coefficient (Wildman–Crippen LogP) is 2.36. The van der Waals surface area contributed by atoms with E-state index in [1.807, 2.05) is 33.0 Å². The second-order valence-electron chi connectivity index (χ2n) is 17.7. The highest BCUT2D eigenvalue weighted by Gasteiger charge is 2.51. The topological polar surface area (TPSA) is 214 Å². The molecule has 0 spiro atoms. The molecule has 0 radical (unpaired) electrons. The Morgan fingerprint density at radius 1 is 0.934 bits per heavy atom. The number of ether oxygens (including phenoxy) is 7. The number of esters is 1. The Morgan fingerprint density at radius 3 is 2.28 bits per heavy atom. The number of aliphatic hydroxyl groups is 4. The van der Waals surface area contributed by atoms with Crippen LogP contribution in [0, 0.1) is 23.7 Å². The summed E-state index contributed by atoms with van der Waals surface area (Å²) in [4.78, 5) is 30.3. The van der Waals surface area contributed by atoms with Crippen molar-refractivity contribution >= 4 is 11.8 Å². The van der Waals surface area contributed by atoms with Gasteiger partial charge >= 0.3 is 5.97 Å². The van der Waals surface area contributed by atoms with Gasteiger partial charge in [0.05, 0.1) is 55.3 Å². The van der Waals surface area contributed by atoms with Gasteiger partial charge < -0.3 is 58.5 Å². The molecule has 1 aromatic heterocycles. The van der Waals surface area contributed by atoms with Crippen LogP contribution in [0.2, 0.25) is 0 Å². The number of hydrogen-bond donors (Lipinski definition) is 4. The lowest BCUT2D eigenvalue weighted by molar-refractivity contribution is -0.304. The summed E-state index contributed by atoms with van der Waals surface area (Å²) in [5.74, 6) is -3.32. The largest absolute Gasteiger partial charge is 0.462 e. The molecule has 0 amide bonds. The number of allylic oxidation sites excluding steroid dienone is 2. The third-order valence-electron chi connectivity index (χ3n) is 12.9. The van der Waals surface area contributed by atoms with Crippen molar-refractivity contribution in [2.24, 2.45) is 23.7 Å². The van der Waals surface area contributed by atoms with Crippen molar-refractivity contribution < 1.29 is 63.2 Å². The first-order valence-electron chi connectivity index (χ1n) is 22.1. The smallest absolute Gasteiger partial charge is 0.308 e. The summed E-state index contributed by atoms with van der Waals surface area (Å²) >= 11 is 0. The molecule has 4 aliphatic rings. The Labute approximate surface area is 360 Å². The highest BCUT2D eigenvalue weighted by Crippen LogP contribution is 2.42. The third kappa shape index (κ3) is 11.7. The van der Waals surface area contributed by atoms with Crippen molar-refractivity contribution in [2.45, 2.75) is 173 Å². The fraction of sp³-hybridized carbons (Fsp3) is 0.818. The highest BCUT2D eigenvalue weighted by atomic mass is 16.7. The van der Waals surface area contributed by atoms with E-state index in [2.05, 4.69) is 17.2 Å². The molecule has 17 atom stereocenters. The summed E-state index contributed by atoms with van der Waals surface area (Å²) in [6.07, 6.45) is -2.04. The second kappa shape index (κ2) is 22.3. The van der Waals surface area contributed by atoms with Gasteiger partial charge in [-0.3, -0.25) is 14.3 Å².